The number of rotatable bonds is 7. The quantitative estimate of drug-likeness (QED) is 0.545. The van der Waals surface area contributed by atoms with Crippen molar-refractivity contribution in [3.63, 3.8) is 0 Å². The Kier molecular flexibility index (Phi) is 7.15. The van der Waals surface area contributed by atoms with Crippen molar-refractivity contribution < 1.29 is 23.4 Å². The molecule has 0 spiro atoms. The van der Waals surface area contributed by atoms with E-state index in [-0.39, 0.29) is 23.4 Å². The number of sulfonamides is 1. The lowest BCUT2D eigenvalue weighted by Crippen LogP contribution is -2.61. The van der Waals surface area contributed by atoms with Gasteiger partial charge in [-0.1, -0.05) is 30.3 Å². The Bertz CT molecular complexity index is 1070. The SMILES string of the molecule is CN(C)[C@@H]1CC[C@@]2([C@H](O)CNS(=O)(=O)c3cccnc3)C[C@H](c3ccccc3)C[C@](C)(O2)[C@H]1O. The van der Waals surface area contributed by atoms with E-state index in [0.717, 1.165) is 5.56 Å². The predicted octanol–water partition coefficient (Wildman–Crippen LogP) is 1.90. The molecule has 0 amide bonds. The summed E-state index contributed by atoms with van der Waals surface area (Å²) in [6.07, 6.45) is 3.20. The maximum Gasteiger partial charge on any atom is 0.242 e. The second kappa shape index (κ2) is 9.64. The largest absolute Gasteiger partial charge is 0.389 e. The molecule has 1 aromatic carbocycles. The van der Waals surface area contributed by atoms with Gasteiger partial charge in [0.1, 0.15) is 4.90 Å². The number of hydrogen-bond acceptors (Lipinski definition) is 7. The van der Waals surface area contributed by atoms with Crippen molar-refractivity contribution in [2.75, 3.05) is 20.6 Å². The second-order valence-corrected chi connectivity index (χ2v) is 11.8. The minimum Gasteiger partial charge on any atom is -0.389 e. The molecule has 2 bridgehead atoms. The van der Waals surface area contributed by atoms with Crippen LogP contribution in [0.4, 0.5) is 0 Å². The van der Waals surface area contributed by atoms with E-state index in [1.807, 2.05) is 44.1 Å². The number of fused-ring (bicyclic) bond motifs is 2. The summed E-state index contributed by atoms with van der Waals surface area (Å²) in [5.41, 5.74) is -0.774. The molecular weight excluding hydrogens is 454 g/mol. The predicted molar refractivity (Wildman–Crippen MR) is 129 cm³/mol. The number of nitrogens with zero attached hydrogens (tertiary/aromatic N) is 2. The summed E-state index contributed by atoms with van der Waals surface area (Å²) >= 11 is 0. The van der Waals surface area contributed by atoms with Crippen LogP contribution in [0.25, 0.3) is 0 Å². The third-order valence-corrected chi connectivity index (χ3v) is 8.90. The van der Waals surface area contributed by atoms with Gasteiger partial charge in [-0.15, -0.1) is 0 Å². The molecule has 4 rings (SSSR count). The summed E-state index contributed by atoms with van der Waals surface area (Å²) in [7, 11) is 0.0385. The van der Waals surface area contributed by atoms with Gasteiger partial charge in [-0.3, -0.25) is 4.98 Å². The number of aromatic nitrogens is 1. The summed E-state index contributed by atoms with van der Waals surface area (Å²) in [4.78, 5) is 5.92. The van der Waals surface area contributed by atoms with Gasteiger partial charge in [0.25, 0.3) is 0 Å². The van der Waals surface area contributed by atoms with Crippen LogP contribution in [-0.2, 0) is 14.8 Å². The first-order valence-corrected chi connectivity index (χ1v) is 13.2. The highest BCUT2D eigenvalue weighted by molar-refractivity contribution is 7.89. The maximum atomic E-state index is 12.8. The molecule has 3 N–H and O–H groups in total. The number of pyridine rings is 1. The molecular formula is C25H35N3O5S. The Balaban J connectivity index is 1.65. The monoisotopic (exact) mass is 489 g/mol. The zero-order chi connectivity index (χ0) is 24.6. The van der Waals surface area contributed by atoms with Crippen molar-refractivity contribution in [2.45, 2.75) is 72.9 Å². The Labute approximate surface area is 202 Å². The van der Waals surface area contributed by atoms with E-state index >= 15 is 0 Å². The molecule has 34 heavy (non-hydrogen) atoms. The molecule has 0 unspecified atom stereocenters. The highest BCUT2D eigenvalue weighted by Crippen LogP contribution is 2.51. The fourth-order valence-corrected chi connectivity index (χ4v) is 6.65. The topological polar surface area (TPSA) is 112 Å². The van der Waals surface area contributed by atoms with Crippen molar-refractivity contribution >= 4 is 10.0 Å². The van der Waals surface area contributed by atoms with Gasteiger partial charge in [0, 0.05) is 25.0 Å². The fraction of sp³-hybridized carbons (Fsp3) is 0.560. The van der Waals surface area contributed by atoms with Gasteiger partial charge in [0.15, 0.2) is 0 Å². The van der Waals surface area contributed by atoms with Crippen LogP contribution in [0, 0.1) is 0 Å². The number of ether oxygens (including phenoxy) is 1. The number of hydrogen-bond donors (Lipinski definition) is 3. The molecule has 0 radical (unpaired) electrons. The van der Waals surface area contributed by atoms with Gasteiger partial charge in [-0.25, -0.2) is 13.1 Å². The van der Waals surface area contributed by atoms with Crippen LogP contribution < -0.4 is 4.72 Å². The summed E-state index contributed by atoms with van der Waals surface area (Å²) in [6, 6.07) is 12.9. The smallest absolute Gasteiger partial charge is 0.242 e. The number of aliphatic hydroxyl groups is 2. The maximum absolute atomic E-state index is 12.8. The molecule has 2 aliphatic rings. The Morgan fingerprint density at radius 3 is 2.59 bits per heavy atom. The zero-order valence-corrected chi connectivity index (χ0v) is 20.8. The van der Waals surface area contributed by atoms with Crippen molar-refractivity contribution in [1.29, 1.82) is 0 Å². The molecule has 3 heterocycles. The molecule has 0 aliphatic carbocycles. The highest BCUT2D eigenvalue weighted by atomic mass is 32.2. The first kappa shape index (κ1) is 25.2. The minimum atomic E-state index is -3.84. The minimum absolute atomic E-state index is 0.0419. The third-order valence-electron chi connectivity index (χ3n) is 7.49. The van der Waals surface area contributed by atoms with Crippen LogP contribution in [0.3, 0.4) is 0 Å². The lowest BCUT2D eigenvalue weighted by Gasteiger charge is -2.52. The average molecular weight is 490 g/mol. The zero-order valence-electron chi connectivity index (χ0n) is 20.0. The van der Waals surface area contributed by atoms with E-state index in [1.165, 1.54) is 18.5 Å². The van der Waals surface area contributed by atoms with Crippen LogP contribution in [0.5, 0.6) is 0 Å². The molecule has 9 heteroatoms. The summed E-state index contributed by atoms with van der Waals surface area (Å²) < 4.78 is 34.7. The van der Waals surface area contributed by atoms with E-state index in [4.69, 9.17) is 4.74 Å². The van der Waals surface area contributed by atoms with Crippen molar-refractivity contribution in [1.82, 2.24) is 14.6 Å². The number of likely N-dealkylation sites (N-methyl/N-ethyl adjacent to an activating group) is 1. The first-order valence-electron chi connectivity index (χ1n) is 11.7. The first-order chi connectivity index (χ1) is 16.1. The molecule has 186 valence electrons. The Morgan fingerprint density at radius 2 is 1.94 bits per heavy atom. The van der Waals surface area contributed by atoms with E-state index in [2.05, 4.69) is 21.8 Å². The van der Waals surface area contributed by atoms with Gasteiger partial charge < -0.3 is 19.8 Å². The van der Waals surface area contributed by atoms with Gasteiger partial charge in [-0.05, 0) is 70.3 Å². The third kappa shape index (κ3) is 4.91. The van der Waals surface area contributed by atoms with Crippen molar-refractivity contribution in [2.24, 2.45) is 0 Å². The summed E-state index contributed by atoms with van der Waals surface area (Å²) in [5.74, 6) is 0.0556. The van der Waals surface area contributed by atoms with E-state index in [0.29, 0.717) is 25.7 Å². The molecule has 2 aromatic rings. The van der Waals surface area contributed by atoms with Crippen molar-refractivity contribution in [3.05, 3.63) is 60.4 Å². The molecule has 0 saturated carbocycles. The van der Waals surface area contributed by atoms with E-state index in [1.54, 1.807) is 6.07 Å². The van der Waals surface area contributed by atoms with E-state index < -0.39 is 33.4 Å². The molecule has 1 aromatic heterocycles. The van der Waals surface area contributed by atoms with Gasteiger partial charge in [-0.2, -0.15) is 0 Å². The van der Waals surface area contributed by atoms with Crippen LogP contribution in [0.1, 0.15) is 44.1 Å². The normalized spacial score (nSPS) is 32.8. The molecule has 8 nitrogen and oxygen atoms in total. The van der Waals surface area contributed by atoms with Crippen LogP contribution in [0.15, 0.2) is 59.8 Å². The molecule has 2 fully saturated rings. The highest BCUT2D eigenvalue weighted by Gasteiger charge is 2.57. The van der Waals surface area contributed by atoms with Crippen LogP contribution in [0.2, 0.25) is 0 Å². The van der Waals surface area contributed by atoms with Gasteiger partial charge >= 0.3 is 0 Å². The average Bonchev–Trinajstić information content (AvgIpc) is 2.90. The van der Waals surface area contributed by atoms with Crippen LogP contribution in [-0.4, -0.2) is 78.6 Å². The Morgan fingerprint density at radius 1 is 1.21 bits per heavy atom. The molecule has 2 aliphatic heterocycles. The van der Waals surface area contributed by atoms with Crippen LogP contribution >= 0.6 is 0 Å². The molecule has 2 saturated heterocycles. The number of nitrogens with one attached hydrogen (secondary N) is 1. The number of benzene rings is 1. The summed E-state index contributed by atoms with van der Waals surface area (Å²) in [5, 5.41) is 22.8. The second-order valence-electron chi connectivity index (χ2n) is 10.1. The Hall–Kier alpha value is -1.88. The van der Waals surface area contributed by atoms with Gasteiger partial charge in [0.05, 0.1) is 23.4 Å². The van der Waals surface area contributed by atoms with Gasteiger partial charge in [0.2, 0.25) is 10.0 Å². The number of aliphatic hydroxyl groups excluding tert-OH is 2. The molecule has 6 atom stereocenters. The lowest BCUT2D eigenvalue weighted by atomic mass is 9.72. The fourth-order valence-electron chi connectivity index (χ4n) is 5.65. The van der Waals surface area contributed by atoms with Crippen molar-refractivity contribution in [3.8, 4) is 0 Å². The lowest BCUT2D eigenvalue weighted by molar-refractivity contribution is -0.250. The summed E-state index contributed by atoms with van der Waals surface area (Å²) in [6.45, 7) is 1.72. The standard InChI is InChI=1S/C25H35N3O5S/c1-24-14-19(18-8-5-4-6-9-18)15-25(33-24,12-11-21(23(24)30)28(2)3)22(29)17-27-34(31,32)20-10-7-13-26-16-20/h4-10,13,16,19,21-23,27,29-30H,11-12,14-15,17H2,1-3H3/t19-,21-,22-,23+,24+,25+/m1/s1. The van der Waals surface area contributed by atoms with E-state index in [9.17, 15) is 18.6 Å².